The first-order valence-electron chi connectivity index (χ1n) is 10.0. The van der Waals surface area contributed by atoms with Crippen molar-refractivity contribution in [2.45, 2.75) is 20.4 Å². The van der Waals surface area contributed by atoms with Gasteiger partial charge in [-0.15, -0.1) is 0 Å². The second-order valence-electron chi connectivity index (χ2n) is 7.48. The molecule has 0 spiro atoms. The zero-order valence-electron chi connectivity index (χ0n) is 17.2. The number of nitrogens with zero attached hydrogens (tertiary/aromatic N) is 3. The van der Waals surface area contributed by atoms with E-state index in [2.05, 4.69) is 37.3 Å². The number of morpholine rings is 1. The molecule has 30 heavy (non-hydrogen) atoms. The van der Waals surface area contributed by atoms with Crippen LogP contribution in [0.3, 0.4) is 0 Å². The van der Waals surface area contributed by atoms with Gasteiger partial charge in [0.05, 0.1) is 35.9 Å². The largest absolute Gasteiger partial charge is 0.379 e. The Morgan fingerprint density at radius 1 is 1.13 bits per heavy atom. The van der Waals surface area contributed by atoms with Crippen molar-refractivity contribution >= 4 is 27.5 Å². The van der Waals surface area contributed by atoms with Crippen molar-refractivity contribution in [1.29, 1.82) is 0 Å². The van der Waals surface area contributed by atoms with Gasteiger partial charge in [-0.3, -0.25) is 9.69 Å². The maximum Gasteiger partial charge on any atom is 0.259 e. The molecule has 1 aromatic heterocycles. The van der Waals surface area contributed by atoms with E-state index in [0.29, 0.717) is 11.3 Å². The van der Waals surface area contributed by atoms with Crippen LogP contribution >= 0.6 is 15.9 Å². The number of amides is 1. The molecule has 0 aliphatic carbocycles. The molecule has 1 aliphatic rings. The SMILES string of the molecule is Cc1nn(-c2ccc(Br)cc2)c(C)c1C(=O)Nc1cccc(CN2CCOCC2)c1. The third kappa shape index (κ3) is 4.64. The maximum absolute atomic E-state index is 13.1. The summed E-state index contributed by atoms with van der Waals surface area (Å²) in [5.41, 5.74) is 5.02. The first-order valence-corrected chi connectivity index (χ1v) is 10.8. The van der Waals surface area contributed by atoms with Crippen molar-refractivity contribution in [1.82, 2.24) is 14.7 Å². The average Bonchev–Trinajstić information content (AvgIpc) is 3.03. The van der Waals surface area contributed by atoms with Crippen LogP contribution in [0.5, 0.6) is 0 Å². The fourth-order valence-electron chi connectivity index (χ4n) is 3.76. The minimum absolute atomic E-state index is 0.142. The molecule has 4 rings (SSSR count). The zero-order chi connectivity index (χ0) is 21.1. The molecule has 0 saturated carbocycles. The van der Waals surface area contributed by atoms with Crippen molar-refractivity contribution in [2.24, 2.45) is 0 Å². The van der Waals surface area contributed by atoms with E-state index >= 15 is 0 Å². The predicted octanol–water partition coefficient (Wildman–Crippen LogP) is 4.34. The van der Waals surface area contributed by atoms with Gasteiger partial charge in [-0.25, -0.2) is 4.68 Å². The molecule has 0 atom stereocenters. The molecule has 0 radical (unpaired) electrons. The van der Waals surface area contributed by atoms with Crippen molar-refractivity contribution in [3.63, 3.8) is 0 Å². The van der Waals surface area contributed by atoms with E-state index in [9.17, 15) is 4.79 Å². The third-order valence-corrected chi connectivity index (χ3v) is 5.81. The Morgan fingerprint density at radius 2 is 1.87 bits per heavy atom. The summed E-state index contributed by atoms with van der Waals surface area (Å²) in [5, 5.41) is 7.64. The van der Waals surface area contributed by atoms with E-state index < -0.39 is 0 Å². The molecule has 1 N–H and O–H groups in total. The number of benzene rings is 2. The van der Waals surface area contributed by atoms with Crippen LogP contribution in [-0.4, -0.2) is 46.9 Å². The van der Waals surface area contributed by atoms with E-state index in [1.165, 1.54) is 5.56 Å². The van der Waals surface area contributed by atoms with Crippen LogP contribution in [0.4, 0.5) is 5.69 Å². The van der Waals surface area contributed by atoms with Gasteiger partial charge >= 0.3 is 0 Å². The van der Waals surface area contributed by atoms with Gasteiger partial charge in [0.1, 0.15) is 0 Å². The number of halogens is 1. The highest BCUT2D eigenvalue weighted by Gasteiger charge is 2.20. The van der Waals surface area contributed by atoms with Gasteiger partial charge in [0.2, 0.25) is 0 Å². The van der Waals surface area contributed by atoms with E-state index in [1.54, 1.807) is 0 Å². The Bertz CT molecular complexity index is 1040. The Balaban J connectivity index is 1.51. The molecule has 3 aromatic rings. The summed E-state index contributed by atoms with van der Waals surface area (Å²) in [4.78, 5) is 15.4. The van der Waals surface area contributed by atoms with Crippen LogP contribution in [0.15, 0.2) is 53.0 Å². The molecule has 2 aromatic carbocycles. The molecular formula is C23H25BrN4O2. The Morgan fingerprint density at radius 3 is 2.60 bits per heavy atom. The predicted molar refractivity (Wildman–Crippen MR) is 121 cm³/mol. The first-order chi connectivity index (χ1) is 14.5. The lowest BCUT2D eigenvalue weighted by Crippen LogP contribution is -2.35. The summed E-state index contributed by atoms with van der Waals surface area (Å²) in [6.45, 7) is 8.06. The third-order valence-electron chi connectivity index (χ3n) is 5.28. The normalized spacial score (nSPS) is 14.6. The molecule has 0 unspecified atom stereocenters. The lowest BCUT2D eigenvalue weighted by atomic mass is 10.1. The second kappa shape index (κ2) is 9.12. The first kappa shape index (κ1) is 20.8. The molecule has 1 fully saturated rings. The lowest BCUT2D eigenvalue weighted by molar-refractivity contribution is 0.0342. The monoisotopic (exact) mass is 468 g/mol. The fraction of sp³-hybridized carbons (Fsp3) is 0.304. The number of anilines is 1. The highest BCUT2D eigenvalue weighted by molar-refractivity contribution is 9.10. The molecular weight excluding hydrogens is 444 g/mol. The highest BCUT2D eigenvalue weighted by atomic mass is 79.9. The number of hydrogen-bond donors (Lipinski definition) is 1. The Labute approximate surface area is 185 Å². The molecule has 156 valence electrons. The number of nitrogens with one attached hydrogen (secondary N) is 1. The highest BCUT2D eigenvalue weighted by Crippen LogP contribution is 2.22. The van der Waals surface area contributed by atoms with Crippen LogP contribution in [-0.2, 0) is 11.3 Å². The van der Waals surface area contributed by atoms with Crippen LogP contribution in [0.25, 0.3) is 5.69 Å². The molecule has 2 heterocycles. The number of hydrogen-bond acceptors (Lipinski definition) is 4. The van der Waals surface area contributed by atoms with Gasteiger partial charge in [0.15, 0.2) is 0 Å². The number of carbonyl (C=O) groups is 1. The van der Waals surface area contributed by atoms with Gasteiger partial charge in [-0.1, -0.05) is 28.1 Å². The Kier molecular flexibility index (Phi) is 6.32. The fourth-order valence-corrected chi connectivity index (χ4v) is 4.03. The van der Waals surface area contributed by atoms with Gasteiger partial charge in [-0.05, 0) is 55.8 Å². The minimum Gasteiger partial charge on any atom is -0.379 e. The van der Waals surface area contributed by atoms with E-state index in [1.807, 2.05) is 61.0 Å². The molecule has 0 bridgehead atoms. The summed E-state index contributed by atoms with van der Waals surface area (Å²) in [5.74, 6) is -0.142. The van der Waals surface area contributed by atoms with Crippen molar-refractivity contribution in [3.05, 3.63) is 75.5 Å². The Hall–Kier alpha value is -2.48. The van der Waals surface area contributed by atoms with E-state index in [0.717, 1.165) is 54.4 Å². The molecule has 1 amide bonds. The number of aryl methyl sites for hydroxylation is 1. The van der Waals surface area contributed by atoms with Crippen LogP contribution in [0, 0.1) is 13.8 Å². The maximum atomic E-state index is 13.1. The van der Waals surface area contributed by atoms with E-state index in [-0.39, 0.29) is 5.91 Å². The lowest BCUT2D eigenvalue weighted by Gasteiger charge is -2.26. The minimum atomic E-state index is -0.142. The van der Waals surface area contributed by atoms with Crippen LogP contribution < -0.4 is 5.32 Å². The quantitative estimate of drug-likeness (QED) is 0.604. The van der Waals surface area contributed by atoms with Gasteiger partial charge < -0.3 is 10.1 Å². The van der Waals surface area contributed by atoms with Crippen molar-refractivity contribution in [3.8, 4) is 5.69 Å². The number of carbonyl (C=O) groups excluding carboxylic acids is 1. The standard InChI is InChI=1S/C23H25BrN4O2/c1-16-22(17(2)28(26-16)21-8-6-19(24)7-9-21)23(29)25-20-5-3-4-18(14-20)15-27-10-12-30-13-11-27/h3-9,14H,10-13,15H2,1-2H3,(H,25,29). The molecule has 7 heteroatoms. The van der Waals surface area contributed by atoms with Crippen LogP contribution in [0.2, 0.25) is 0 Å². The van der Waals surface area contributed by atoms with E-state index in [4.69, 9.17) is 4.74 Å². The summed E-state index contributed by atoms with van der Waals surface area (Å²) in [7, 11) is 0. The van der Waals surface area contributed by atoms with Gasteiger partial charge in [0, 0.05) is 29.8 Å². The summed E-state index contributed by atoms with van der Waals surface area (Å²) < 4.78 is 8.23. The van der Waals surface area contributed by atoms with Gasteiger partial charge in [0.25, 0.3) is 5.91 Å². The summed E-state index contributed by atoms with van der Waals surface area (Å²) >= 11 is 3.45. The van der Waals surface area contributed by atoms with Crippen LogP contribution in [0.1, 0.15) is 27.3 Å². The number of ether oxygens (including phenoxy) is 1. The smallest absolute Gasteiger partial charge is 0.259 e. The van der Waals surface area contributed by atoms with Gasteiger partial charge in [-0.2, -0.15) is 5.10 Å². The summed E-state index contributed by atoms with van der Waals surface area (Å²) in [6, 6.07) is 15.9. The number of rotatable bonds is 5. The summed E-state index contributed by atoms with van der Waals surface area (Å²) in [6.07, 6.45) is 0. The second-order valence-corrected chi connectivity index (χ2v) is 8.39. The van der Waals surface area contributed by atoms with Crippen molar-refractivity contribution < 1.29 is 9.53 Å². The average molecular weight is 469 g/mol. The zero-order valence-corrected chi connectivity index (χ0v) is 18.8. The van der Waals surface area contributed by atoms with Crippen molar-refractivity contribution in [2.75, 3.05) is 31.6 Å². The molecule has 1 saturated heterocycles. The topological polar surface area (TPSA) is 59.4 Å². The number of aromatic nitrogens is 2. The molecule has 6 nitrogen and oxygen atoms in total. The molecule has 1 aliphatic heterocycles.